The summed E-state index contributed by atoms with van der Waals surface area (Å²) in [5.74, 6) is 0.738. The zero-order valence-electron chi connectivity index (χ0n) is 11.4. The van der Waals surface area contributed by atoms with Crippen LogP contribution in [0, 0.1) is 6.92 Å². The van der Waals surface area contributed by atoms with E-state index in [1.54, 1.807) is 43.5 Å². The molecular weight excluding hydrogens is 254 g/mol. The third-order valence-corrected chi connectivity index (χ3v) is 2.88. The third kappa shape index (κ3) is 3.41. The maximum Gasteiger partial charge on any atom is 0.323 e. The summed E-state index contributed by atoms with van der Waals surface area (Å²) >= 11 is 0. The standard InChI is InChI=1S/C15H17N3O2/c1-10-3-4-12(9-14(10)16)18-15(19)17-11-5-7-13(20-2)8-6-11/h3-9H,16H2,1-2H3,(H2,17,18,19). The number of ether oxygens (including phenoxy) is 1. The van der Waals surface area contributed by atoms with Gasteiger partial charge in [0.15, 0.2) is 0 Å². The minimum absolute atomic E-state index is 0.321. The van der Waals surface area contributed by atoms with Crippen LogP contribution in [0.15, 0.2) is 42.5 Å². The molecule has 4 N–H and O–H groups in total. The summed E-state index contributed by atoms with van der Waals surface area (Å²) in [4.78, 5) is 11.8. The predicted octanol–water partition coefficient (Wildman–Crippen LogP) is 3.23. The fourth-order valence-electron chi connectivity index (χ4n) is 1.69. The number of nitrogens with one attached hydrogen (secondary N) is 2. The van der Waals surface area contributed by atoms with E-state index in [1.807, 2.05) is 13.0 Å². The Balaban J connectivity index is 1.99. The Morgan fingerprint density at radius 3 is 2.25 bits per heavy atom. The second-order valence-corrected chi connectivity index (χ2v) is 4.38. The van der Waals surface area contributed by atoms with Crippen LogP contribution in [-0.4, -0.2) is 13.1 Å². The molecule has 0 aliphatic heterocycles. The molecule has 0 radical (unpaired) electrons. The van der Waals surface area contributed by atoms with E-state index in [4.69, 9.17) is 10.5 Å². The number of nitrogen functional groups attached to an aromatic ring is 1. The molecule has 5 nitrogen and oxygen atoms in total. The van der Waals surface area contributed by atoms with E-state index in [2.05, 4.69) is 10.6 Å². The van der Waals surface area contributed by atoms with Gasteiger partial charge in [-0.15, -0.1) is 0 Å². The first-order valence-corrected chi connectivity index (χ1v) is 6.16. The molecule has 0 saturated heterocycles. The quantitative estimate of drug-likeness (QED) is 0.750. The molecule has 2 amide bonds. The topological polar surface area (TPSA) is 76.4 Å². The molecule has 20 heavy (non-hydrogen) atoms. The maximum atomic E-state index is 11.8. The summed E-state index contributed by atoms with van der Waals surface area (Å²) in [5.41, 5.74) is 8.75. The summed E-state index contributed by atoms with van der Waals surface area (Å²) in [6.45, 7) is 1.91. The number of carbonyl (C=O) groups is 1. The first-order valence-electron chi connectivity index (χ1n) is 6.16. The van der Waals surface area contributed by atoms with E-state index in [-0.39, 0.29) is 6.03 Å². The Morgan fingerprint density at radius 1 is 1.05 bits per heavy atom. The highest BCUT2D eigenvalue weighted by Gasteiger charge is 2.04. The van der Waals surface area contributed by atoms with Gasteiger partial charge in [-0.1, -0.05) is 6.07 Å². The molecule has 0 heterocycles. The third-order valence-electron chi connectivity index (χ3n) is 2.88. The van der Waals surface area contributed by atoms with Crippen molar-refractivity contribution in [2.45, 2.75) is 6.92 Å². The first kappa shape index (κ1) is 13.7. The number of nitrogens with two attached hydrogens (primary N) is 1. The van der Waals surface area contributed by atoms with Crippen molar-refractivity contribution in [3.63, 3.8) is 0 Å². The van der Waals surface area contributed by atoms with Crippen molar-refractivity contribution < 1.29 is 9.53 Å². The molecule has 0 unspecified atom stereocenters. The van der Waals surface area contributed by atoms with E-state index in [1.165, 1.54) is 0 Å². The van der Waals surface area contributed by atoms with Crippen molar-refractivity contribution in [2.75, 3.05) is 23.5 Å². The van der Waals surface area contributed by atoms with E-state index in [0.717, 1.165) is 11.3 Å². The van der Waals surface area contributed by atoms with Crippen molar-refractivity contribution in [3.05, 3.63) is 48.0 Å². The maximum absolute atomic E-state index is 11.8. The summed E-state index contributed by atoms with van der Waals surface area (Å²) < 4.78 is 5.05. The number of methoxy groups -OCH3 is 1. The second kappa shape index (κ2) is 5.97. The minimum Gasteiger partial charge on any atom is -0.497 e. The Morgan fingerprint density at radius 2 is 1.65 bits per heavy atom. The van der Waals surface area contributed by atoms with Gasteiger partial charge in [-0.05, 0) is 48.9 Å². The molecule has 0 aliphatic rings. The van der Waals surface area contributed by atoms with Crippen LogP contribution in [-0.2, 0) is 0 Å². The lowest BCUT2D eigenvalue weighted by Crippen LogP contribution is -2.19. The number of hydrogen-bond donors (Lipinski definition) is 3. The molecule has 0 spiro atoms. The molecule has 0 aliphatic carbocycles. The van der Waals surface area contributed by atoms with Crippen LogP contribution < -0.4 is 21.1 Å². The van der Waals surface area contributed by atoms with Gasteiger partial charge < -0.3 is 21.1 Å². The molecule has 0 fully saturated rings. The molecule has 104 valence electrons. The van der Waals surface area contributed by atoms with Crippen LogP contribution in [0.2, 0.25) is 0 Å². The highest BCUT2D eigenvalue weighted by atomic mass is 16.5. The largest absolute Gasteiger partial charge is 0.497 e. The summed E-state index contributed by atoms with van der Waals surface area (Å²) in [6, 6.07) is 12.2. The summed E-state index contributed by atoms with van der Waals surface area (Å²) in [6.07, 6.45) is 0. The molecule has 0 saturated carbocycles. The average Bonchev–Trinajstić information content (AvgIpc) is 2.44. The Labute approximate surface area is 117 Å². The normalized spacial score (nSPS) is 9.90. The van der Waals surface area contributed by atoms with Gasteiger partial charge in [0.05, 0.1) is 7.11 Å². The molecule has 0 atom stereocenters. The summed E-state index contributed by atoms with van der Waals surface area (Å²) in [5, 5.41) is 5.46. The Bertz CT molecular complexity index is 609. The van der Waals surface area contributed by atoms with E-state index in [0.29, 0.717) is 17.1 Å². The van der Waals surface area contributed by atoms with E-state index < -0.39 is 0 Å². The lowest BCUT2D eigenvalue weighted by molar-refractivity contribution is 0.262. The van der Waals surface area contributed by atoms with Gasteiger partial charge in [0.25, 0.3) is 0 Å². The van der Waals surface area contributed by atoms with Crippen LogP contribution >= 0.6 is 0 Å². The molecular formula is C15H17N3O2. The van der Waals surface area contributed by atoms with Gasteiger partial charge in [-0.25, -0.2) is 4.79 Å². The smallest absolute Gasteiger partial charge is 0.323 e. The number of rotatable bonds is 3. The average molecular weight is 271 g/mol. The van der Waals surface area contributed by atoms with Crippen molar-refractivity contribution >= 4 is 23.1 Å². The highest BCUT2D eigenvalue weighted by Crippen LogP contribution is 2.18. The van der Waals surface area contributed by atoms with Crippen LogP contribution in [0.25, 0.3) is 0 Å². The van der Waals surface area contributed by atoms with Crippen LogP contribution in [0.5, 0.6) is 5.75 Å². The van der Waals surface area contributed by atoms with Crippen molar-refractivity contribution in [2.24, 2.45) is 0 Å². The van der Waals surface area contributed by atoms with Crippen molar-refractivity contribution in [3.8, 4) is 5.75 Å². The molecule has 2 aromatic carbocycles. The number of hydrogen-bond acceptors (Lipinski definition) is 3. The predicted molar refractivity (Wildman–Crippen MR) is 81.2 cm³/mol. The SMILES string of the molecule is COc1ccc(NC(=O)Nc2ccc(C)c(N)c2)cc1. The number of urea groups is 1. The van der Waals surface area contributed by atoms with Gasteiger partial charge in [0.2, 0.25) is 0 Å². The highest BCUT2D eigenvalue weighted by molar-refractivity contribution is 6.00. The number of benzene rings is 2. The Hall–Kier alpha value is -2.69. The number of aryl methyl sites for hydroxylation is 1. The van der Waals surface area contributed by atoms with Gasteiger partial charge in [-0.3, -0.25) is 0 Å². The Kier molecular flexibility index (Phi) is 4.10. The number of amides is 2. The monoisotopic (exact) mass is 271 g/mol. The zero-order valence-corrected chi connectivity index (χ0v) is 11.4. The lowest BCUT2D eigenvalue weighted by atomic mass is 10.2. The van der Waals surface area contributed by atoms with Crippen LogP contribution in [0.4, 0.5) is 21.9 Å². The molecule has 0 bridgehead atoms. The summed E-state index contributed by atoms with van der Waals surface area (Å²) in [7, 11) is 1.59. The van der Waals surface area contributed by atoms with Gasteiger partial charge in [0, 0.05) is 17.1 Å². The van der Waals surface area contributed by atoms with E-state index >= 15 is 0 Å². The fraction of sp³-hybridized carbons (Fsp3) is 0.133. The van der Waals surface area contributed by atoms with Gasteiger partial charge in [-0.2, -0.15) is 0 Å². The van der Waals surface area contributed by atoms with Crippen molar-refractivity contribution in [1.29, 1.82) is 0 Å². The minimum atomic E-state index is -0.321. The zero-order chi connectivity index (χ0) is 14.5. The van der Waals surface area contributed by atoms with Crippen molar-refractivity contribution in [1.82, 2.24) is 0 Å². The van der Waals surface area contributed by atoms with E-state index in [9.17, 15) is 4.79 Å². The van der Waals surface area contributed by atoms with Crippen LogP contribution in [0.3, 0.4) is 0 Å². The number of carbonyl (C=O) groups excluding carboxylic acids is 1. The van der Waals surface area contributed by atoms with Gasteiger partial charge >= 0.3 is 6.03 Å². The molecule has 2 rings (SSSR count). The number of anilines is 3. The van der Waals surface area contributed by atoms with Gasteiger partial charge in [0.1, 0.15) is 5.75 Å². The first-order chi connectivity index (χ1) is 9.58. The molecule has 5 heteroatoms. The fourth-order valence-corrected chi connectivity index (χ4v) is 1.69. The molecule has 2 aromatic rings. The molecule has 0 aromatic heterocycles. The second-order valence-electron chi connectivity index (χ2n) is 4.38. The van der Waals surface area contributed by atoms with Crippen LogP contribution in [0.1, 0.15) is 5.56 Å². The lowest BCUT2D eigenvalue weighted by Gasteiger charge is -2.09.